The molecule has 4 aromatic rings. The third-order valence-electron chi connectivity index (χ3n) is 6.55. The van der Waals surface area contributed by atoms with Gasteiger partial charge in [0.2, 0.25) is 0 Å². The summed E-state index contributed by atoms with van der Waals surface area (Å²) in [6.45, 7) is 1.67. The molecule has 2 aromatic heterocycles. The number of amides is 1. The van der Waals surface area contributed by atoms with Crippen LogP contribution < -0.4 is 16.2 Å². The summed E-state index contributed by atoms with van der Waals surface area (Å²) in [6.07, 6.45) is -3.78. The fraction of sp³-hybridized carbons (Fsp3) is 0.240. The lowest BCUT2D eigenvalue weighted by Gasteiger charge is -2.34. The summed E-state index contributed by atoms with van der Waals surface area (Å²) in [7, 11) is 1.68. The molecule has 0 saturated heterocycles. The van der Waals surface area contributed by atoms with Crippen molar-refractivity contribution in [2.45, 2.75) is 31.6 Å². The third kappa shape index (κ3) is 4.45. The molecular weight excluding hydrogens is 553 g/mol. The van der Waals surface area contributed by atoms with Crippen LogP contribution in [0.1, 0.15) is 40.1 Å². The molecule has 0 bridgehead atoms. The summed E-state index contributed by atoms with van der Waals surface area (Å²) >= 11 is 3.33. The Balaban J connectivity index is 1.51. The molecule has 2 N–H and O–H groups in total. The van der Waals surface area contributed by atoms with Crippen LogP contribution in [0.15, 0.2) is 70.1 Å². The number of benzene rings is 2. The van der Waals surface area contributed by atoms with E-state index >= 15 is 0 Å². The Kier molecular flexibility index (Phi) is 6.22. The molecule has 8 nitrogen and oxygen atoms in total. The van der Waals surface area contributed by atoms with Gasteiger partial charge in [0, 0.05) is 17.9 Å². The van der Waals surface area contributed by atoms with Crippen molar-refractivity contribution in [1.29, 1.82) is 0 Å². The molecule has 12 heteroatoms. The Bertz CT molecular complexity index is 1520. The van der Waals surface area contributed by atoms with Crippen molar-refractivity contribution in [3.8, 4) is 5.69 Å². The number of fused-ring (bicyclic) bond motifs is 1. The third-order valence-corrected chi connectivity index (χ3v) is 7.08. The summed E-state index contributed by atoms with van der Waals surface area (Å²) in [6, 6.07) is 13.2. The van der Waals surface area contributed by atoms with E-state index in [1.165, 1.54) is 4.68 Å². The van der Waals surface area contributed by atoms with E-state index in [9.17, 15) is 22.8 Å². The van der Waals surface area contributed by atoms with Crippen molar-refractivity contribution in [1.82, 2.24) is 19.1 Å². The van der Waals surface area contributed by atoms with Crippen molar-refractivity contribution in [3.05, 3.63) is 92.4 Å². The van der Waals surface area contributed by atoms with E-state index in [0.29, 0.717) is 16.9 Å². The van der Waals surface area contributed by atoms with Gasteiger partial charge in [0.1, 0.15) is 17.1 Å². The zero-order chi connectivity index (χ0) is 26.5. The van der Waals surface area contributed by atoms with Crippen molar-refractivity contribution in [3.63, 3.8) is 0 Å². The van der Waals surface area contributed by atoms with E-state index in [2.05, 4.69) is 31.7 Å². The highest BCUT2D eigenvalue weighted by Crippen LogP contribution is 2.44. The van der Waals surface area contributed by atoms with Gasteiger partial charge in [0.15, 0.2) is 6.04 Å². The molecule has 0 saturated carbocycles. The van der Waals surface area contributed by atoms with Gasteiger partial charge in [-0.3, -0.25) is 14.3 Å². The number of halogens is 4. The number of nitrogens with zero attached hydrogens (tertiary/aromatic N) is 4. The van der Waals surface area contributed by atoms with E-state index < -0.39 is 29.7 Å². The highest BCUT2D eigenvalue weighted by molar-refractivity contribution is 9.10. The predicted molar refractivity (Wildman–Crippen MR) is 136 cm³/mol. The van der Waals surface area contributed by atoms with E-state index in [0.717, 1.165) is 15.4 Å². The largest absolute Gasteiger partial charge is 0.410 e. The number of para-hydroxylation sites is 1. The van der Waals surface area contributed by atoms with Gasteiger partial charge in [-0.2, -0.15) is 18.3 Å². The fourth-order valence-corrected chi connectivity index (χ4v) is 4.80. The predicted octanol–water partition coefficient (Wildman–Crippen LogP) is 5.36. The number of carbonyl (C=O) groups is 1. The van der Waals surface area contributed by atoms with Gasteiger partial charge in [-0.05, 0) is 36.8 Å². The number of hydrogen-bond donors (Lipinski definition) is 2. The zero-order valence-corrected chi connectivity index (χ0v) is 21.3. The number of alkyl halides is 3. The van der Waals surface area contributed by atoms with E-state index in [-0.39, 0.29) is 23.5 Å². The van der Waals surface area contributed by atoms with Crippen LogP contribution in [-0.2, 0) is 7.05 Å². The first-order valence-corrected chi connectivity index (χ1v) is 12.2. The van der Waals surface area contributed by atoms with E-state index in [1.54, 1.807) is 67.2 Å². The second-order valence-corrected chi connectivity index (χ2v) is 9.70. The van der Waals surface area contributed by atoms with Crippen LogP contribution >= 0.6 is 15.9 Å². The molecule has 37 heavy (non-hydrogen) atoms. The van der Waals surface area contributed by atoms with Gasteiger partial charge >= 0.3 is 6.18 Å². The monoisotopic (exact) mass is 574 g/mol. The summed E-state index contributed by atoms with van der Waals surface area (Å²) in [5.41, 5.74) is 1.20. The van der Waals surface area contributed by atoms with Gasteiger partial charge in [-0.1, -0.05) is 46.3 Å². The molecule has 0 unspecified atom stereocenters. The number of anilines is 2. The Labute approximate surface area is 217 Å². The van der Waals surface area contributed by atoms with Gasteiger partial charge in [0.25, 0.3) is 11.5 Å². The maximum atomic E-state index is 14.0. The standard InChI is InChI=1S/C25H22BrF3N6O2/c1-14-21(24(37)35(33(14)2)17-6-4-3-5-7-17)32-23(36)18-13-30-34-20(25(27,28)29)12-19(31-22(18)34)15-8-10-16(26)11-9-15/h3-11,13,19-20,31H,12H2,1-2H3,(H,32,36)/t19-,20-/m1/s1. The van der Waals surface area contributed by atoms with Crippen LogP contribution in [0.3, 0.4) is 0 Å². The molecule has 0 aliphatic carbocycles. The van der Waals surface area contributed by atoms with Crippen LogP contribution in [0, 0.1) is 6.92 Å². The average molecular weight is 575 g/mol. The van der Waals surface area contributed by atoms with E-state index in [4.69, 9.17) is 0 Å². The Morgan fingerprint density at radius 3 is 2.46 bits per heavy atom. The minimum atomic E-state index is -4.58. The van der Waals surface area contributed by atoms with Crippen molar-refractivity contribution in [2.24, 2.45) is 7.05 Å². The van der Waals surface area contributed by atoms with Crippen LogP contribution in [0.4, 0.5) is 24.7 Å². The topological polar surface area (TPSA) is 85.9 Å². The van der Waals surface area contributed by atoms with E-state index in [1.807, 2.05) is 6.07 Å². The highest BCUT2D eigenvalue weighted by atomic mass is 79.9. The van der Waals surface area contributed by atoms with Crippen LogP contribution in [-0.4, -0.2) is 31.2 Å². The molecule has 2 atom stereocenters. The smallest absolute Gasteiger partial charge is 0.363 e. The molecule has 2 aromatic carbocycles. The summed E-state index contributed by atoms with van der Waals surface area (Å²) < 4.78 is 46.6. The summed E-state index contributed by atoms with van der Waals surface area (Å²) in [5, 5.41) is 9.56. The van der Waals surface area contributed by atoms with Crippen molar-refractivity contribution >= 4 is 33.3 Å². The number of aromatic nitrogens is 4. The SMILES string of the molecule is Cc1c(NC(=O)c2cnn3c2N[C@@H](c2ccc(Br)cc2)C[C@@H]3C(F)(F)F)c(=O)n(-c2ccccc2)n1C. The molecule has 0 radical (unpaired) electrons. The Hall–Kier alpha value is -3.80. The van der Waals surface area contributed by atoms with Gasteiger partial charge in [-0.15, -0.1) is 0 Å². The molecule has 0 fully saturated rings. The number of hydrogen-bond acceptors (Lipinski definition) is 4. The maximum absolute atomic E-state index is 14.0. The first-order chi connectivity index (χ1) is 17.6. The second-order valence-electron chi connectivity index (χ2n) is 8.78. The fourth-order valence-electron chi connectivity index (χ4n) is 4.54. The molecular formula is C25H22BrF3N6O2. The molecule has 0 spiro atoms. The minimum absolute atomic E-state index is 0.0314. The molecule has 1 aliphatic rings. The molecule has 1 amide bonds. The van der Waals surface area contributed by atoms with Crippen LogP contribution in [0.5, 0.6) is 0 Å². The van der Waals surface area contributed by atoms with Gasteiger partial charge in [-0.25, -0.2) is 9.36 Å². The van der Waals surface area contributed by atoms with Gasteiger partial charge in [0.05, 0.1) is 23.6 Å². The lowest BCUT2D eigenvalue weighted by molar-refractivity contribution is -0.173. The average Bonchev–Trinajstić information content (AvgIpc) is 3.38. The molecule has 1 aliphatic heterocycles. The maximum Gasteiger partial charge on any atom is 0.410 e. The first kappa shape index (κ1) is 24.9. The summed E-state index contributed by atoms with van der Waals surface area (Å²) in [4.78, 5) is 26.5. The minimum Gasteiger partial charge on any atom is -0.363 e. The zero-order valence-electron chi connectivity index (χ0n) is 19.8. The Morgan fingerprint density at radius 2 is 1.81 bits per heavy atom. The van der Waals surface area contributed by atoms with Crippen LogP contribution in [0.2, 0.25) is 0 Å². The molecule has 3 heterocycles. The molecule has 192 valence electrons. The normalized spacial score (nSPS) is 17.2. The molecule has 5 rings (SSSR count). The first-order valence-electron chi connectivity index (χ1n) is 11.4. The van der Waals surface area contributed by atoms with Crippen LogP contribution in [0.25, 0.3) is 5.69 Å². The quantitative estimate of drug-likeness (QED) is 0.344. The lowest BCUT2D eigenvalue weighted by Crippen LogP contribution is -2.36. The second kappa shape index (κ2) is 9.25. The summed E-state index contributed by atoms with van der Waals surface area (Å²) in [5.74, 6) is -0.798. The van der Waals surface area contributed by atoms with Crippen molar-refractivity contribution in [2.75, 3.05) is 10.6 Å². The number of carbonyl (C=O) groups excluding carboxylic acids is 1. The highest BCUT2D eigenvalue weighted by Gasteiger charge is 2.47. The number of rotatable bonds is 4. The van der Waals surface area contributed by atoms with Gasteiger partial charge < -0.3 is 10.6 Å². The lowest BCUT2D eigenvalue weighted by atomic mass is 9.96. The van der Waals surface area contributed by atoms with Crippen molar-refractivity contribution < 1.29 is 18.0 Å². The Morgan fingerprint density at radius 1 is 1.14 bits per heavy atom. The number of nitrogens with one attached hydrogen (secondary N) is 2.